The van der Waals surface area contributed by atoms with E-state index in [2.05, 4.69) is 13.0 Å². The highest BCUT2D eigenvalue weighted by atomic mass is 16.7. The largest absolute Gasteiger partial charge is 0.475 e. The lowest BCUT2D eigenvalue weighted by molar-refractivity contribution is -0.107. The van der Waals surface area contributed by atoms with Gasteiger partial charge in [0.2, 0.25) is 0 Å². The van der Waals surface area contributed by atoms with Crippen molar-refractivity contribution in [3.8, 4) is 0 Å². The molecule has 0 aliphatic heterocycles. The minimum Gasteiger partial charge on any atom is -0.475 e. The van der Waals surface area contributed by atoms with Crippen molar-refractivity contribution in [2.24, 2.45) is 0 Å². The molecule has 0 aromatic heterocycles. The molecule has 3 heteroatoms. The van der Waals surface area contributed by atoms with Crippen LogP contribution in [0.15, 0.2) is 12.3 Å². The molecule has 0 heterocycles. The summed E-state index contributed by atoms with van der Waals surface area (Å²) in [4.78, 5) is 10.1. The van der Waals surface area contributed by atoms with Crippen molar-refractivity contribution in [1.82, 2.24) is 0 Å². The molecule has 18 heavy (non-hydrogen) atoms. The molecule has 0 aromatic rings. The minimum absolute atomic E-state index is 0.363. The standard InChI is InChI=1S/C15H28O3/c1-2-3-13-17-15-18-14-11-9-7-5-4-6-8-10-12-16/h11-12,14H,2-10,13,15H2,1H3. The third-order valence-corrected chi connectivity index (χ3v) is 2.68. The summed E-state index contributed by atoms with van der Waals surface area (Å²) in [6.45, 7) is 3.29. The Kier molecular flexibility index (Phi) is 15.4. The van der Waals surface area contributed by atoms with Crippen molar-refractivity contribution in [3.63, 3.8) is 0 Å². The van der Waals surface area contributed by atoms with Crippen LogP contribution in [0.3, 0.4) is 0 Å². The van der Waals surface area contributed by atoms with Crippen LogP contribution in [-0.4, -0.2) is 19.7 Å². The van der Waals surface area contributed by atoms with Crippen LogP contribution in [0.5, 0.6) is 0 Å². The summed E-state index contributed by atoms with van der Waals surface area (Å²) >= 11 is 0. The molecule has 0 saturated heterocycles. The molecule has 0 rings (SSSR count). The average molecular weight is 256 g/mol. The first-order valence-electron chi connectivity index (χ1n) is 7.19. The van der Waals surface area contributed by atoms with E-state index in [-0.39, 0.29) is 0 Å². The summed E-state index contributed by atoms with van der Waals surface area (Å²) in [5, 5.41) is 0. The first kappa shape index (κ1) is 17.2. The van der Waals surface area contributed by atoms with Gasteiger partial charge in [-0.05, 0) is 31.8 Å². The highest BCUT2D eigenvalue weighted by molar-refractivity contribution is 5.48. The van der Waals surface area contributed by atoms with Gasteiger partial charge in [-0.3, -0.25) is 0 Å². The third kappa shape index (κ3) is 15.2. The van der Waals surface area contributed by atoms with Crippen molar-refractivity contribution < 1.29 is 14.3 Å². The van der Waals surface area contributed by atoms with E-state index >= 15 is 0 Å². The molecule has 0 aliphatic carbocycles. The van der Waals surface area contributed by atoms with Crippen LogP contribution >= 0.6 is 0 Å². The molecule has 0 N–H and O–H groups in total. The summed E-state index contributed by atoms with van der Waals surface area (Å²) in [6, 6.07) is 0. The van der Waals surface area contributed by atoms with E-state index in [1.165, 1.54) is 25.7 Å². The zero-order valence-corrected chi connectivity index (χ0v) is 11.7. The van der Waals surface area contributed by atoms with Crippen molar-refractivity contribution >= 4 is 6.29 Å². The van der Waals surface area contributed by atoms with Crippen LogP contribution in [0.1, 0.15) is 64.7 Å². The Balaban J connectivity index is 3.02. The Hall–Kier alpha value is -0.830. The number of hydrogen-bond acceptors (Lipinski definition) is 3. The van der Waals surface area contributed by atoms with Crippen LogP contribution in [0, 0.1) is 0 Å². The van der Waals surface area contributed by atoms with Crippen LogP contribution in [0.25, 0.3) is 0 Å². The summed E-state index contributed by atoms with van der Waals surface area (Å²) in [5.41, 5.74) is 0. The molecule has 0 aliphatic rings. The monoisotopic (exact) mass is 256 g/mol. The maximum absolute atomic E-state index is 10.1. The zero-order valence-electron chi connectivity index (χ0n) is 11.7. The van der Waals surface area contributed by atoms with Gasteiger partial charge >= 0.3 is 0 Å². The molecular weight excluding hydrogens is 228 g/mol. The van der Waals surface area contributed by atoms with Crippen LogP contribution in [0.2, 0.25) is 0 Å². The smallest absolute Gasteiger partial charge is 0.188 e. The van der Waals surface area contributed by atoms with E-state index in [9.17, 15) is 4.79 Å². The number of ether oxygens (including phenoxy) is 2. The van der Waals surface area contributed by atoms with Crippen LogP contribution in [0.4, 0.5) is 0 Å². The molecule has 0 unspecified atom stereocenters. The van der Waals surface area contributed by atoms with Gasteiger partial charge in [-0.15, -0.1) is 0 Å². The number of allylic oxidation sites excluding steroid dienone is 1. The van der Waals surface area contributed by atoms with Gasteiger partial charge in [0, 0.05) is 6.42 Å². The summed E-state index contributed by atoms with van der Waals surface area (Å²) in [7, 11) is 0. The summed E-state index contributed by atoms with van der Waals surface area (Å²) in [6.07, 6.45) is 14.7. The topological polar surface area (TPSA) is 35.5 Å². The Bertz CT molecular complexity index is 190. The molecule has 0 amide bonds. The first-order chi connectivity index (χ1) is 8.91. The van der Waals surface area contributed by atoms with Crippen molar-refractivity contribution in [2.45, 2.75) is 64.7 Å². The average Bonchev–Trinajstić information content (AvgIpc) is 2.39. The van der Waals surface area contributed by atoms with Gasteiger partial charge in [-0.2, -0.15) is 0 Å². The van der Waals surface area contributed by atoms with E-state index in [0.29, 0.717) is 13.2 Å². The number of hydrogen-bond donors (Lipinski definition) is 0. The molecule has 0 aromatic carbocycles. The number of carbonyl (C=O) groups is 1. The number of unbranched alkanes of at least 4 members (excludes halogenated alkanes) is 7. The molecule has 0 radical (unpaired) electrons. The fourth-order valence-electron chi connectivity index (χ4n) is 1.55. The maximum Gasteiger partial charge on any atom is 0.188 e. The number of aldehydes is 1. The van der Waals surface area contributed by atoms with Crippen molar-refractivity contribution in [1.29, 1.82) is 0 Å². The zero-order chi connectivity index (χ0) is 13.3. The lowest BCUT2D eigenvalue weighted by Crippen LogP contribution is -1.97. The first-order valence-corrected chi connectivity index (χ1v) is 7.19. The van der Waals surface area contributed by atoms with Gasteiger partial charge in [0.1, 0.15) is 6.29 Å². The van der Waals surface area contributed by atoms with Crippen molar-refractivity contribution in [2.75, 3.05) is 13.4 Å². The minimum atomic E-state index is 0.363. The highest BCUT2D eigenvalue weighted by Gasteiger charge is 1.89. The number of rotatable bonds is 14. The number of carbonyl (C=O) groups excluding carboxylic acids is 1. The van der Waals surface area contributed by atoms with Gasteiger partial charge in [0.25, 0.3) is 0 Å². The predicted molar refractivity (Wildman–Crippen MR) is 74.3 cm³/mol. The Labute approximate surface area is 112 Å². The summed E-state index contributed by atoms with van der Waals surface area (Å²) < 4.78 is 10.5. The maximum atomic E-state index is 10.1. The second kappa shape index (κ2) is 16.2. The summed E-state index contributed by atoms with van der Waals surface area (Å²) in [5.74, 6) is 0. The van der Waals surface area contributed by atoms with Crippen LogP contribution in [-0.2, 0) is 14.3 Å². The van der Waals surface area contributed by atoms with Gasteiger partial charge in [-0.25, -0.2) is 0 Å². The normalized spacial score (nSPS) is 10.9. The fourth-order valence-corrected chi connectivity index (χ4v) is 1.55. The van der Waals surface area contributed by atoms with Crippen molar-refractivity contribution in [3.05, 3.63) is 12.3 Å². The van der Waals surface area contributed by atoms with E-state index < -0.39 is 0 Å². The van der Waals surface area contributed by atoms with Gasteiger partial charge in [0.05, 0.1) is 12.9 Å². The Morgan fingerprint density at radius 1 is 0.944 bits per heavy atom. The molecule has 0 spiro atoms. The molecule has 0 fully saturated rings. The van der Waals surface area contributed by atoms with E-state index in [0.717, 1.165) is 38.6 Å². The predicted octanol–water partition coefficient (Wildman–Crippen LogP) is 4.22. The van der Waals surface area contributed by atoms with Gasteiger partial charge < -0.3 is 14.3 Å². The Morgan fingerprint density at radius 3 is 2.39 bits per heavy atom. The van der Waals surface area contributed by atoms with Gasteiger partial charge in [0.15, 0.2) is 6.79 Å². The van der Waals surface area contributed by atoms with Crippen LogP contribution < -0.4 is 0 Å². The third-order valence-electron chi connectivity index (χ3n) is 2.68. The molecule has 0 saturated carbocycles. The quantitative estimate of drug-likeness (QED) is 0.202. The lowest BCUT2D eigenvalue weighted by Gasteiger charge is -2.02. The van der Waals surface area contributed by atoms with Gasteiger partial charge in [-0.1, -0.05) is 32.6 Å². The molecule has 0 bridgehead atoms. The van der Waals surface area contributed by atoms with E-state index in [4.69, 9.17) is 9.47 Å². The molecule has 3 nitrogen and oxygen atoms in total. The van der Waals surface area contributed by atoms with E-state index in [1.54, 1.807) is 6.26 Å². The lowest BCUT2D eigenvalue weighted by atomic mass is 10.1. The second-order valence-corrected chi connectivity index (χ2v) is 4.43. The second-order valence-electron chi connectivity index (χ2n) is 4.43. The molecule has 0 atom stereocenters. The highest BCUT2D eigenvalue weighted by Crippen LogP contribution is 2.06. The SMILES string of the molecule is CCCCOCOC=CCCCCCCCC=O. The molecular formula is C15H28O3. The fraction of sp³-hybridized carbons (Fsp3) is 0.800. The van der Waals surface area contributed by atoms with E-state index in [1.807, 2.05) is 0 Å². The Morgan fingerprint density at radius 2 is 1.67 bits per heavy atom. The molecule has 106 valence electrons.